The number of carbonyl (C=O) groups is 1. The lowest BCUT2D eigenvalue weighted by molar-refractivity contribution is 0.0930. The lowest BCUT2D eigenvalue weighted by atomic mass is 9.97. The van der Waals surface area contributed by atoms with Gasteiger partial charge in [-0.2, -0.15) is 0 Å². The third-order valence-electron chi connectivity index (χ3n) is 5.33. The Bertz CT molecular complexity index is 788. The standard InChI is InChI=1S/C23H30N2O3S/c1-27-20-11-19(12-21(13-20)28-2)23(26)24-14-18-5-4-10-25(16-18)15-17-6-8-22(29-3)9-7-17/h6-9,11-13,18H,4-5,10,14-16H2,1-3H3,(H,24,26)/t18-/m0/s1. The first kappa shape index (κ1) is 21.5. The van der Waals surface area contributed by atoms with Gasteiger partial charge in [-0.1, -0.05) is 12.1 Å². The summed E-state index contributed by atoms with van der Waals surface area (Å²) in [7, 11) is 3.17. The van der Waals surface area contributed by atoms with Crippen LogP contribution in [0.2, 0.25) is 0 Å². The van der Waals surface area contributed by atoms with Crippen molar-refractivity contribution in [3.63, 3.8) is 0 Å². The highest BCUT2D eigenvalue weighted by molar-refractivity contribution is 7.98. The summed E-state index contributed by atoms with van der Waals surface area (Å²) in [5, 5.41) is 3.09. The van der Waals surface area contributed by atoms with Gasteiger partial charge in [0, 0.05) is 36.2 Å². The summed E-state index contributed by atoms with van der Waals surface area (Å²) in [6, 6.07) is 14.0. The highest BCUT2D eigenvalue weighted by atomic mass is 32.2. The second-order valence-corrected chi connectivity index (χ2v) is 8.28. The van der Waals surface area contributed by atoms with Gasteiger partial charge in [-0.15, -0.1) is 11.8 Å². The van der Waals surface area contributed by atoms with Crippen LogP contribution in [-0.2, 0) is 6.54 Å². The lowest BCUT2D eigenvalue weighted by Gasteiger charge is -2.33. The Labute approximate surface area is 177 Å². The molecule has 0 saturated carbocycles. The summed E-state index contributed by atoms with van der Waals surface area (Å²) in [6.45, 7) is 3.76. The van der Waals surface area contributed by atoms with Gasteiger partial charge in [-0.3, -0.25) is 9.69 Å². The lowest BCUT2D eigenvalue weighted by Crippen LogP contribution is -2.40. The average Bonchev–Trinajstić information content (AvgIpc) is 2.77. The smallest absolute Gasteiger partial charge is 0.251 e. The number of likely N-dealkylation sites (tertiary alicyclic amines) is 1. The number of nitrogens with zero attached hydrogens (tertiary/aromatic N) is 1. The Morgan fingerprint density at radius 2 is 1.83 bits per heavy atom. The van der Waals surface area contributed by atoms with E-state index in [1.807, 2.05) is 0 Å². The normalized spacial score (nSPS) is 17.0. The van der Waals surface area contributed by atoms with Crippen molar-refractivity contribution in [2.75, 3.05) is 40.1 Å². The Morgan fingerprint density at radius 3 is 2.45 bits per heavy atom. The first-order valence-corrected chi connectivity index (χ1v) is 11.2. The maximum absolute atomic E-state index is 12.6. The molecule has 29 heavy (non-hydrogen) atoms. The Hall–Kier alpha value is -2.18. The molecule has 1 saturated heterocycles. The number of ether oxygens (including phenoxy) is 2. The van der Waals surface area contributed by atoms with E-state index in [-0.39, 0.29) is 5.91 Å². The zero-order chi connectivity index (χ0) is 20.6. The van der Waals surface area contributed by atoms with Gasteiger partial charge in [0.1, 0.15) is 11.5 Å². The van der Waals surface area contributed by atoms with Gasteiger partial charge >= 0.3 is 0 Å². The molecule has 3 rings (SSSR count). The molecule has 0 unspecified atom stereocenters. The molecule has 2 aromatic rings. The summed E-state index contributed by atoms with van der Waals surface area (Å²) in [4.78, 5) is 16.4. The predicted octanol–water partition coefficient (Wildman–Crippen LogP) is 4.07. The number of hydrogen-bond acceptors (Lipinski definition) is 5. The summed E-state index contributed by atoms with van der Waals surface area (Å²) < 4.78 is 10.5. The van der Waals surface area contributed by atoms with Gasteiger partial charge in [-0.25, -0.2) is 0 Å². The number of amides is 1. The zero-order valence-corrected chi connectivity index (χ0v) is 18.3. The van der Waals surface area contributed by atoms with Crippen LogP contribution in [0.5, 0.6) is 11.5 Å². The second-order valence-electron chi connectivity index (χ2n) is 7.40. The first-order chi connectivity index (χ1) is 14.1. The van der Waals surface area contributed by atoms with Crippen LogP contribution >= 0.6 is 11.8 Å². The van der Waals surface area contributed by atoms with Crippen molar-refractivity contribution in [1.29, 1.82) is 0 Å². The molecule has 1 aliphatic rings. The Morgan fingerprint density at radius 1 is 1.14 bits per heavy atom. The van der Waals surface area contributed by atoms with E-state index < -0.39 is 0 Å². The summed E-state index contributed by atoms with van der Waals surface area (Å²) in [5.41, 5.74) is 1.90. The molecular formula is C23H30N2O3S. The molecule has 1 atom stereocenters. The number of methoxy groups -OCH3 is 2. The summed E-state index contributed by atoms with van der Waals surface area (Å²) in [6.07, 6.45) is 4.40. The number of rotatable bonds is 8. The molecule has 6 heteroatoms. The van der Waals surface area contributed by atoms with E-state index in [0.717, 1.165) is 32.5 Å². The number of thioether (sulfide) groups is 1. The van der Waals surface area contributed by atoms with Crippen LogP contribution < -0.4 is 14.8 Å². The molecule has 1 N–H and O–H groups in total. The molecule has 1 fully saturated rings. The fourth-order valence-electron chi connectivity index (χ4n) is 3.73. The molecule has 1 amide bonds. The number of piperidine rings is 1. The average molecular weight is 415 g/mol. The third kappa shape index (κ3) is 6.15. The fourth-order valence-corrected chi connectivity index (χ4v) is 4.14. The monoisotopic (exact) mass is 414 g/mol. The van der Waals surface area contributed by atoms with Crippen molar-refractivity contribution in [1.82, 2.24) is 10.2 Å². The molecule has 1 heterocycles. The first-order valence-electron chi connectivity index (χ1n) is 9.98. The molecule has 2 aromatic carbocycles. The quantitative estimate of drug-likeness (QED) is 0.660. The van der Waals surface area contributed by atoms with E-state index >= 15 is 0 Å². The molecule has 0 aliphatic carbocycles. The topological polar surface area (TPSA) is 50.8 Å². The van der Waals surface area contributed by atoms with Crippen LogP contribution in [0, 0.1) is 5.92 Å². The third-order valence-corrected chi connectivity index (χ3v) is 6.08. The van der Waals surface area contributed by atoms with Crippen molar-refractivity contribution in [3.8, 4) is 11.5 Å². The van der Waals surface area contributed by atoms with Crippen LogP contribution in [0.4, 0.5) is 0 Å². The minimum Gasteiger partial charge on any atom is -0.497 e. The van der Waals surface area contributed by atoms with Crippen LogP contribution in [0.3, 0.4) is 0 Å². The highest BCUT2D eigenvalue weighted by Gasteiger charge is 2.21. The van der Waals surface area contributed by atoms with E-state index in [4.69, 9.17) is 9.47 Å². The largest absolute Gasteiger partial charge is 0.497 e. The van der Waals surface area contributed by atoms with Gasteiger partial charge in [0.15, 0.2) is 0 Å². The van der Waals surface area contributed by atoms with Crippen LogP contribution in [-0.4, -0.2) is 50.9 Å². The van der Waals surface area contributed by atoms with Gasteiger partial charge in [0.25, 0.3) is 5.91 Å². The highest BCUT2D eigenvalue weighted by Crippen LogP contribution is 2.23. The zero-order valence-electron chi connectivity index (χ0n) is 17.4. The van der Waals surface area contributed by atoms with Crippen molar-refractivity contribution in [2.45, 2.75) is 24.3 Å². The van der Waals surface area contributed by atoms with Crippen LogP contribution in [0.15, 0.2) is 47.4 Å². The number of carbonyl (C=O) groups excluding carboxylic acids is 1. The van der Waals surface area contributed by atoms with Crippen molar-refractivity contribution >= 4 is 17.7 Å². The van der Waals surface area contributed by atoms with Gasteiger partial charge in [-0.05, 0) is 61.4 Å². The van der Waals surface area contributed by atoms with E-state index in [1.54, 1.807) is 44.2 Å². The maximum atomic E-state index is 12.6. The maximum Gasteiger partial charge on any atom is 0.251 e. The number of nitrogens with one attached hydrogen (secondary N) is 1. The number of hydrogen-bond donors (Lipinski definition) is 1. The fraction of sp³-hybridized carbons (Fsp3) is 0.435. The van der Waals surface area contributed by atoms with Crippen molar-refractivity contribution in [3.05, 3.63) is 53.6 Å². The SMILES string of the molecule is COc1cc(OC)cc(C(=O)NC[C@@H]2CCCN(Cc3ccc(SC)cc3)C2)c1. The van der Waals surface area contributed by atoms with E-state index in [1.165, 1.54) is 10.5 Å². The molecule has 1 aliphatic heterocycles. The Balaban J connectivity index is 1.53. The Kier molecular flexibility index (Phi) is 7.83. The van der Waals surface area contributed by atoms with Crippen molar-refractivity contribution in [2.24, 2.45) is 5.92 Å². The van der Waals surface area contributed by atoms with Crippen molar-refractivity contribution < 1.29 is 14.3 Å². The van der Waals surface area contributed by atoms with E-state index in [2.05, 4.69) is 40.7 Å². The number of benzene rings is 2. The molecule has 0 radical (unpaired) electrons. The summed E-state index contributed by atoms with van der Waals surface area (Å²) in [5.74, 6) is 1.61. The van der Waals surface area contributed by atoms with Crippen LogP contribution in [0.25, 0.3) is 0 Å². The molecular weight excluding hydrogens is 384 g/mol. The van der Waals surface area contributed by atoms with Gasteiger partial charge in [0.2, 0.25) is 0 Å². The van der Waals surface area contributed by atoms with Gasteiger partial charge in [0.05, 0.1) is 14.2 Å². The second kappa shape index (κ2) is 10.6. The molecule has 0 aromatic heterocycles. The molecule has 156 valence electrons. The molecule has 0 bridgehead atoms. The minimum atomic E-state index is -0.0908. The molecule has 0 spiro atoms. The predicted molar refractivity (Wildman–Crippen MR) is 118 cm³/mol. The minimum absolute atomic E-state index is 0.0908. The van der Waals surface area contributed by atoms with Gasteiger partial charge < -0.3 is 14.8 Å². The van der Waals surface area contributed by atoms with Crippen LogP contribution in [0.1, 0.15) is 28.8 Å². The summed E-state index contributed by atoms with van der Waals surface area (Å²) >= 11 is 1.77. The van der Waals surface area contributed by atoms with E-state index in [9.17, 15) is 4.79 Å². The molecule has 5 nitrogen and oxygen atoms in total. The van der Waals surface area contributed by atoms with E-state index in [0.29, 0.717) is 29.5 Å².